The van der Waals surface area contributed by atoms with Crippen molar-refractivity contribution < 1.29 is 17.9 Å². The van der Waals surface area contributed by atoms with Crippen LogP contribution in [0.5, 0.6) is 0 Å². The van der Waals surface area contributed by atoms with Crippen molar-refractivity contribution >= 4 is 16.6 Å². The van der Waals surface area contributed by atoms with Crippen LogP contribution in [0.2, 0.25) is 0 Å². The lowest BCUT2D eigenvalue weighted by Crippen LogP contribution is -2.30. The number of benzene rings is 1. The zero-order chi connectivity index (χ0) is 23.0. The quantitative estimate of drug-likeness (QED) is 0.662. The fraction of sp³-hybridized carbons (Fsp3) is 0.409. The van der Waals surface area contributed by atoms with Crippen molar-refractivity contribution in [3.8, 4) is 0 Å². The molecule has 170 valence electrons. The van der Waals surface area contributed by atoms with Crippen LogP contribution >= 0.6 is 0 Å². The van der Waals surface area contributed by atoms with Crippen molar-refractivity contribution in [2.45, 2.75) is 38.5 Å². The number of alkyl halides is 3. The molecular weight excluding hydrogens is 425 g/mol. The first kappa shape index (κ1) is 22.1. The van der Waals surface area contributed by atoms with E-state index in [-0.39, 0.29) is 29.1 Å². The van der Waals surface area contributed by atoms with Gasteiger partial charge in [-0.05, 0) is 37.0 Å². The third kappa shape index (κ3) is 4.14. The summed E-state index contributed by atoms with van der Waals surface area (Å²) in [6, 6.07) is 5.27. The van der Waals surface area contributed by atoms with E-state index in [0.717, 1.165) is 10.7 Å². The maximum Gasteiger partial charge on any atom is 0.416 e. The van der Waals surface area contributed by atoms with Gasteiger partial charge in [0.25, 0.3) is 11.1 Å². The molecular formula is C22H23F3N4O3. The Bertz CT molecular complexity index is 1270. The lowest BCUT2D eigenvalue weighted by molar-refractivity contribution is -0.138. The van der Waals surface area contributed by atoms with Gasteiger partial charge in [0.05, 0.1) is 10.9 Å². The fourth-order valence-electron chi connectivity index (χ4n) is 4.08. The first-order chi connectivity index (χ1) is 15.2. The Kier molecular flexibility index (Phi) is 5.81. The summed E-state index contributed by atoms with van der Waals surface area (Å²) in [4.78, 5) is 25.3. The number of aromatic nitrogens is 3. The molecule has 7 nitrogen and oxygen atoms in total. The zero-order valence-corrected chi connectivity index (χ0v) is 17.7. The van der Waals surface area contributed by atoms with Crippen LogP contribution in [-0.2, 0) is 24.5 Å². The lowest BCUT2D eigenvalue weighted by Gasteiger charge is -2.24. The number of nitrogens with zero attached hydrogens (tertiary/aromatic N) is 3. The molecule has 3 aromatic rings. The average molecular weight is 448 g/mol. The van der Waals surface area contributed by atoms with E-state index in [1.807, 2.05) is 0 Å². The van der Waals surface area contributed by atoms with Crippen LogP contribution in [0.15, 0.2) is 40.1 Å². The normalized spacial score (nSPS) is 15.3. The molecule has 0 atom stereocenters. The van der Waals surface area contributed by atoms with Crippen molar-refractivity contribution in [3.05, 3.63) is 67.9 Å². The number of aryl methyl sites for hydroxylation is 1. The van der Waals surface area contributed by atoms with Gasteiger partial charge in [0, 0.05) is 50.5 Å². The van der Waals surface area contributed by atoms with Crippen LogP contribution in [0.25, 0.3) is 10.8 Å². The number of hydrogen-bond donors (Lipinski definition) is 1. The van der Waals surface area contributed by atoms with Crippen LogP contribution < -0.4 is 16.4 Å². The predicted octanol–water partition coefficient (Wildman–Crippen LogP) is 3.39. The average Bonchev–Trinajstić information content (AvgIpc) is 2.75. The topological polar surface area (TPSA) is 78.2 Å². The highest BCUT2D eigenvalue weighted by Gasteiger charge is 2.32. The third-order valence-corrected chi connectivity index (χ3v) is 5.89. The van der Waals surface area contributed by atoms with Gasteiger partial charge in [-0.3, -0.25) is 9.59 Å². The van der Waals surface area contributed by atoms with E-state index in [2.05, 4.69) is 10.4 Å². The van der Waals surface area contributed by atoms with Gasteiger partial charge in [0.15, 0.2) is 5.82 Å². The molecule has 0 amide bonds. The molecule has 0 aliphatic carbocycles. The van der Waals surface area contributed by atoms with Gasteiger partial charge in [-0.15, -0.1) is 0 Å². The standard InChI is InChI=1S/C22H23F3N4O3/c1-13-14(4-3-5-18(13)22(23,24)25)11-26-20-17-12-29(15-6-8-32-9-7-15)19(30)10-16(17)21(31)28(2)27-20/h3-5,10,12,15H,6-9,11H2,1-2H3,(H,26,27). The Morgan fingerprint density at radius 3 is 2.59 bits per heavy atom. The molecule has 0 unspecified atom stereocenters. The zero-order valence-electron chi connectivity index (χ0n) is 17.7. The van der Waals surface area contributed by atoms with Gasteiger partial charge in [-0.25, -0.2) is 4.68 Å². The number of hydrogen-bond acceptors (Lipinski definition) is 5. The van der Waals surface area contributed by atoms with Crippen molar-refractivity contribution in [3.63, 3.8) is 0 Å². The Morgan fingerprint density at radius 2 is 1.91 bits per heavy atom. The Morgan fingerprint density at radius 1 is 1.19 bits per heavy atom. The number of rotatable bonds is 4. The number of pyridine rings is 1. The second-order valence-corrected chi connectivity index (χ2v) is 7.91. The van der Waals surface area contributed by atoms with Gasteiger partial charge >= 0.3 is 6.18 Å². The molecule has 1 aromatic carbocycles. The van der Waals surface area contributed by atoms with Crippen LogP contribution in [0, 0.1) is 6.92 Å². The van der Waals surface area contributed by atoms with Gasteiger partial charge in [0.2, 0.25) is 0 Å². The number of ether oxygens (including phenoxy) is 1. The molecule has 0 spiro atoms. The molecule has 1 saturated heterocycles. The molecule has 32 heavy (non-hydrogen) atoms. The first-order valence-corrected chi connectivity index (χ1v) is 10.3. The molecule has 1 N–H and O–H groups in total. The fourth-order valence-corrected chi connectivity index (χ4v) is 4.08. The Balaban J connectivity index is 1.75. The van der Waals surface area contributed by atoms with Crippen molar-refractivity contribution in [1.82, 2.24) is 14.3 Å². The Hall–Kier alpha value is -3.14. The maximum absolute atomic E-state index is 13.2. The van der Waals surface area contributed by atoms with Crippen LogP contribution in [-0.4, -0.2) is 27.6 Å². The monoisotopic (exact) mass is 448 g/mol. The molecule has 4 rings (SSSR count). The van der Waals surface area contributed by atoms with Crippen LogP contribution in [0.3, 0.4) is 0 Å². The summed E-state index contributed by atoms with van der Waals surface area (Å²) >= 11 is 0. The summed E-state index contributed by atoms with van der Waals surface area (Å²) in [7, 11) is 1.46. The smallest absolute Gasteiger partial charge is 0.381 e. The van der Waals surface area contributed by atoms with Crippen LogP contribution in [0.1, 0.15) is 35.6 Å². The molecule has 1 fully saturated rings. The van der Waals surface area contributed by atoms with Gasteiger partial charge in [-0.1, -0.05) is 12.1 Å². The van der Waals surface area contributed by atoms with Crippen molar-refractivity contribution in [1.29, 1.82) is 0 Å². The van der Waals surface area contributed by atoms with E-state index in [0.29, 0.717) is 42.8 Å². The minimum absolute atomic E-state index is 0.0525. The van der Waals surface area contributed by atoms with E-state index >= 15 is 0 Å². The first-order valence-electron chi connectivity index (χ1n) is 10.3. The minimum Gasteiger partial charge on any atom is -0.381 e. The summed E-state index contributed by atoms with van der Waals surface area (Å²) < 4.78 is 47.8. The van der Waals surface area contributed by atoms with Crippen molar-refractivity contribution in [2.75, 3.05) is 18.5 Å². The summed E-state index contributed by atoms with van der Waals surface area (Å²) in [5, 5.41) is 7.98. The second kappa shape index (κ2) is 8.42. The van der Waals surface area contributed by atoms with E-state index in [1.54, 1.807) is 16.8 Å². The summed E-state index contributed by atoms with van der Waals surface area (Å²) in [6.45, 7) is 2.59. The summed E-state index contributed by atoms with van der Waals surface area (Å²) in [5.41, 5.74) is -0.810. The van der Waals surface area contributed by atoms with Gasteiger partial charge in [-0.2, -0.15) is 18.3 Å². The van der Waals surface area contributed by atoms with E-state index in [1.165, 1.54) is 26.1 Å². The molecule has 1 aliphatic rings. The summed E-state index contributed by atoms with van der Waals surface area (Å²) in [6.07, 6.45) is -1.48. The molecule has 10 heteroatoms. The largest absolute Gasteiger partial charge is 0.416 e. The number of anilines is 1. The van der Waals surface area contributed by atoms with Gasteiger partial charge < -0.3 is 14.6 Å². The molecule has 2 aromatic heterocycles. The molecule has 1 aliphatic heterocycles. The second-order valence-electron chi connectivity index (χ2n) is 7.91. The molecule has 0 radical (unpaired) electrons. The number of nitrogens with one attached hydrogen (secondary N) is 1. The number of fused-ring (bicyclic) bond motifs is 1. The van der Waals surface area contributed by atoms with E-state index in [4.69, 9.17) is 4.74 Å². The van der Waals surface area contributed by atoms with Gasteiger partial charge in [0.1, 0.15) is 0 Å². The third-order valence-electron chi connectivity index (χ3n) is 5.89. The van der Waals surface area contributed by atoms with Crippen LogP contribution in [0.4, 0.5) is 19.0 Å². The highest BCUT2D eigenvalue weighted by Crippen LogP contribution is 2.33. The summed E-state index contributed by atoms with van der Waals surface area (Å²) in [5.74, 6) is 0.319. The highest BCUT2D eigenvalue weighted by molar-refractivity contribution is 5.90. The minimum atomic E-state index is -4.44. The molecule has 0 saturated carbocycles. The predicted molar refractivity (Wildman–Crippen MR) is 114 cm³/mol. The molecule has 0 bridgehead atoms. The molecule has 3 heterocycles. The number of halogens is 3. The Labute approximate surface area is 181 Å². The van der Waals surface area contributed by atoms with E-state index in [9.17, 15) is 22.8 Å². The lowest BCUT2D eigenvalue weighted by atomic mass is 10.0. The highest BCUT2D eigenvalue weighted by atomic mass is 19.4. The van der Waals surface area contributed by atoms with E-state index < -0.39 is 17.3 Å². The van der Waals surface area contributed by atoms with Crippen molar-refractivity contribution in [2.24, 2.45) is 7.05 Å². The SMILES string of the molecule is Cc1c(CNc2nn(C)c(=O)c3cc(=O)n(C4CCOCC4)cc23)cccc1C(F)(F)F. The maximum atomic E-state index is 13.2.